The van der Waals surface area contributed by atoms with Crippen LogP contribution < -0.4 is 10.6 Å². The minimum absolute atomic E-state index is 0.0174. The molecule has 6 nitrogen and oxygen atoms in total. The number of hydrogen-bond acceptors (Lipinski definition) is 3. The van der Waals surface area contributed by atoms with Gasteiger partial charge in [0.1, 0.15) is 5.82 Å². The zero-order valence-corrected chi connectivity index (χ0v) is 12.6. The molecule has 0 aliphatic carbocycles. The Morgan fingerprint density at radius 3 is 2.76 bits per heavy atom. The molecular weight excluding hydrogens is 268 g/mol. The van der Waals surface area contributed by atoms with Gasteiger partial charge >= 0.3 is 0 Å². The third-order valence-electron chi connectivity index (χ3n) is 3.30. The molecule has 21 heavy (non-hydrogen) atoms. The number of fused-ring (bicyclic) bond motifs is 1. The first-order valence-corrected chi connectivity index (χ1v) is 7.01. The van der Waals surface area contributed by atoms with Gasteiger partial charge < -0.3 is 15.2 Å². The molecule has 2 rings (SSSR count). The van der Waals surface area contributed by atoms with Crippen molar-refractivity contribution in [2.45, 2.75) is 26.7 Å². The van der Waals surface area contributed by atoms with Crippen molar-refractivity contribution >= 4 is 28.5 Å². The van der Waals surface area contributed by atoms with Gasteiger partial charge in [-0.25, -0.2) is 4.98 Å². The second-order valence-electron chi connectivity index (χ2n) is 4.93. The van der Waals surface area contributed by atoms with E-state index in [0.29, 0.717) is 19.4 Å². The summed E-state index contributed by atoms with van der Waals surface area (Å²) in [5.41, 5.74) is 2.59. The first-order valence-electron chi connectivity index (χ1n) is 7.01. The highest BCUT2D eigenvalue weighted by molar-refractivity contribution is 5.92. The molecule has 0 aliphatic heterocycles. The Hall–Kier alpha value is -2.37. The molecule has 0 radical (unpaired) electrons. The average molecular weight is 288 g/mol. The largest absolute Gasteiger partial charge is 0.356 e. The van der Waals surface area contributed by atoms with Gasteiger partial charge in [-0.2, -0.15) is 0 Å². The number of nitrogens with zero attached hydrogens (tertiary/aromatic N) is 2. The second kappa shape index (κ2) is 6.39. The van der Waals surface area contributed by atoms with Crippen LogP contribution in [0.1, 0.15) is 26.1 Å². The van der Waals surface area contributed by atoms with E-state index in [1.165, 1.54) is 6.92 Å². The van der Waals surface area contributed by atoms with Crippen LogP contribution in [0.15, 0.2) is 18.2 Å². The molecule has 2 aromatic rings. The molecule has 1 heterocycles. The van der Waals surface area contributed by atoms with Crippen LogP contribution in [-0.4, -0.2) is 27.9 Å². The van der Waals surface area contributed by atoms with Gasteiger partial charge in [-0.05, 0) is 18.2 Å². The predicted molar refractivity (Wildman–Crippen MR) is 82.0 cm³/mol. The van der Waals surface area contributed by atoms with Crippen LogP contribution in [-0.2, 0) is 23.1 Å². The van der Waals surface area contributed by atoms with E-state index in [-0.39, 0.29) is 11.8 Å². The fraction of sp³-hybridized carbons (Fsp3) is 0.400. The first kappa shape index (κ1) is 15.0. The van der Waals surface area contributed by atoms with E-state index < -0.39 is 0 Å². The Morgan fingerprint density at radius 2 is 2.10 bits per heavy atom. The van der Waals surface area contributed by atoms with E-state index >= 15 is 0 Å². The lowest BCUT2D eigenvalue weighted by Crippen LogP contribution is -2.23. The van der Waals surface area contributed by atoms with Gasteiger partial charge in [0.25, 0.3) is 0 Å². The van der Waals surface area contributed by atoms with Crippen molar-refractivity contribution in [3.8, 4) is 0 Å². The molecule has 1 aromatic heterocycles. The van der Waals surface area contributed by atoms with Crippen molar-refractivity contribution in [1.29, 1.82) is 0 Å². The highest BCUT2D eigenvalue weighted by atomic mass is 16.2. The van der Waals surface area contributed by atoms with Crippen LogP contribution >= 0.6 is 0 Å². The molecule has 0 spiro atoms. The predicted octanol–water partition coefficient (Wildman–Crippen LogP) is 1.60. The number of benzene rings is 1. The molecule has 0 bridgehead atoms. The van der Waals surface area contributed by atoms with Crippen LogP contribution in [0.5, 0.6) is 0 Å². The quantitative estimate of drug-likeness (QED) is 0.877. The Kier molecular flexibility index (Phi) is 4.57. The minimum Gasteiger partial charge on any atom is -0.356 e. The monoisotopic (exact) mass is 288 g/mol. The van der Waals surface area contributed by atoms with Crippen molar-refractivity contribution in [3.05, 3.63) is 24.0 Å². The molecule has 0 saturated carbocycles. The first-order chi connectivity index (χ1) is 10.0. The van der Waals surface area contributed by atoms with E-state index in [1.54, 1.807) is 0 Å². The minimum atomic E-state index is -0.0432. The van der Waals surface area contributed by atoms with Gasteiger partial charge in [0.05, 0.1) is 11.0 Å². The van der Waals surface area contributed by atoms with Crippen molar-refractivity contribution in [2.75, 3.05) is 11.9 Å². The van der Waals surface area contributed by atoms with Gasteiger partial charge in [-0.1, -0.05) is 6.92 Å². The van der Waals surface area contributed by atoms with E-state index in [0.717, 1.165) is 22.5 Å². The number of amides is 2. The van der Waals surface area contributed by atoms with E-state index in [2.05, 4.69) is 15.6 Å². The summed E-state index contributed by atoms with van der Waals surface area (Å²) in [6, 6.07) is 5.68. The maximum absolute atomic E-state index is 11.4. The van der Waals surface area contributed by atoms with Gasteiger partial charge in [0, 0.05) is 39.0 Å². The summed E-state index contributed by atoms with van der Waals surface area (Å²) >= 11 is 0. The van der Waals surface area contributed by atoms with Gasteiger partial charge in [-0.3, -0.25) is 9.59 Å². The van der Waals surface area contributed by atoms with Crippen molar-refractivity contribution in [3.63, 3.8) is 0 Å². The lowest BCUT2D eigenvalue weighted by molar-refractivity contribution is -0.119. The van der Waals surface area contributed by atoms with Gasteiger partial charge in [0.15, 0.2) is 0 Å². The number of aromatic nitrogens is 2. The summed E-state index contributed by atoms with van der Waals surface area (Å²) in [7, 11) is 1.95. The third-order valence-corrected chi connectivity index (χ3v) is 3.30. The molecule has 0 fully saturated rings. The molecule has 6 heteroatoms. The normalized spacial score (nSPS) is 10.6. The molecule has 0 aliphatic rings. The number of imidazole rings is 1. The highest BCUT2D eigenvalue weighted by Gasteiger charge is 2.09. The zero-order valence-electron chi connectivity index (χ0n) is 12.6. The second-order valence-corrected chi connectivity index (χ2v) is 4.93. The van der Waals surface area contributed by atoms with Crippen molar-refractivity contribution < 1.29 is 9.59 Å². The maximum Gasteiger partial charge on any atom is 0.224 e. The molecule has 0 saturated heterocycles. The summed E-state index contributed by atoms with van der Waals surface area (Å²) in [6.07, 6.45) is 1.11. The van der Waals surface area contributed by atoms with Gasteiger partial charge in [-0.15, -0.1) is 0 Å². The molecule has 1 aromatic carbocycles. The number of rotatable bonds is 5. The van der Waals surface area contributed by atoms with E-state index in [4.69, 9.17) is 0 Å². The summed E-state index contributed by atoms with van der Waals surface area (Å²) < 4.78 is 2.00. The average Bonchev–Trinajstić information content (AvgIpc) is 2.74. The lowest BCUT2D eigenvalue weighted by Gasteiger charge is -2.04. The number of aryl methyl sites for hydroxylation is 1. The number of carbonyl (C=O) groups excluding carboxylic acids is 2. The summed E-state index contributed by atoms with van der Waals surface area (Å²) in [5, 5.41) is 5.59. The van der Waals surface area contributed by atoms with Gasteiger partial charge in [0.2, 0.25) is 11.8 Å². The van der Waals surface area contributed by atoms with Crippen LogP contribution in [0.25, 0.3) is 11.0 Å². The Labute approximate surface area is 123 Å². The standard InChI is InChI=1S/C15H20N4O2/c1-4-15(21)17-11-5-6-13-12(9-11)18-14(19(13)3)7-8-16-10(2)20/h5-6,9H,4,7-8H2,1-3H3,(H,16,20)(H,17,21). The number of anilines is 1. The number of nitrogens with one attached hydrogen (secondary N) is 2. The van der Waals surface area contributed by atoms with Crippen LogP contribution in [0.4, 0.5) is 5.69 Å². The zero-order chi connectivity index (χ0) is 15.4. The molecule has 112 valence electrons. The third kappa shape index (κ3) is 3.59. The van der Waals surface area contributed by atoms with E-state index in [1.807, 2.05) is 36.7 Å². The summed E-state index contributed by atoms with van der Waals surface area (Å²) in [5.74, 6) is 0.840. The number of carbonyl (C=O) groups is 2. The lowest BCUT2D eigenvalue weighted by atomic mass is 10.2. The van der Waals surface area contributed by atoms with Crippen LogP contribution in [0.2, 0.25) is 0 Å². The van der Waals surface area contributed by atoms with E-state index in [9.17, 15) is 9.59 Å². The fourth-order valence-corrected chi connectivity index (χ4v) is 2.15. The molecular formula is C15H20N4O2. The SMILES string of the molecule is CCC(=O)Nc1ccc2c(c1)nc(CCNC(C)=O)n2C. The van der Waals surface area contributed by atoms with Crippen molar-refractivity contribution in [1.82, 2.24) is 14.9 Å². The maximum atomic E-state index is 11.4. The highest BCUT2D eigenvalue weighted by Crippen LogP contribution is 2.20. The summed E-state index contributed by atoms with van der Waals surface area (Å²) in [6.45, 7) is 3.87. The van der Waals surface area contributed by atoms with Crippen LogP contribution in [0.3, 0.4) is 0 Å². The molecule has 2 amide bonds. The fourth-order valence-electron chi connectivity index (χ4n) is 2.15. The Bertz CT molecular complexity index is 676. The summed E-state index contributed by atoms with van der Waals surface area (Å²) in [4.78, 5) is 26.9. The Balaban J connectivity index is 2.19. The molecule has 0 atom stereocenters. The van der Waals surface area contributed by atoms with Crippen molar-refractivity contribution in [2.24, 2.45) is 7.05 Å². The topological polar surface area (TPSA) is 76.0 Å². The Morgan fingerprint density at radius 1 is 1.33 bits per heavy atom. The number of hydrogen-bond donors (Lipinski definition) is 2. The molecule has 2 N–H and O–H groups in total. The van der Waals surface area contributed by atoms with Crippen LogP contribution in [0, 0.1) is 0 Å². The smallest absolute Gasteiger partial charge is 0.224 e. The molecule has 0 unspecified atom stereocenters.